The molecule has 0 aromatic heterocycles. The largest absolute Gasteiger partial charge is 0.396 e. The summed E-state index contributed by atoms with van der Waals surface area (Å²) in [7, 11) is 1.69. The van der Waals surface area contributed by atoms with Gasteiger partial charge in [0.25, 0.3) is 0 Å². The van der Waals surface area contributed by atoms with Crippen LogP contribution in [0.1, 0.15) is 19.8 Å². The minimum atomic E-state index is 0.251. The topological polar surface area (TPSA) is 38.7 Å². The SMILES string of the molecule is COCCCOCCC(C)CO. The van der Waals surface area contributed by atoms with Crippen LogP contribution in [0.4, 0.5) is 0 Å². The van der Waals surface area contributed by atoms with Gasteiger partial charge in [0.05, 0.1) is 0 Å². The summed E-state index contributed by atoms with van der Waals surface area (Å²) in [4.78, 5) is 0. The monoisotopic (exact) mass is 176 g/mol. The van der Waals surface area contributed by atoms with Crippen molar-refractivity contribution in [3.05, 3.63) is 0 Å². The van der Waals surface area contributed by atoms with Crippen molar-refractivity contribution < 1.29 is 14.6 Å². The molecule has 0 amide bonds. The lowest BCUT2D eigenvalue weighted by Crippen LogP contribution is -2.07. The predicted molar refractivity (Wildman–Crippen MR) is 48.2 cm³/mol. The Kier molecular flexibility index (Phi) is 8.88. The van der Waals surface area contributed by atoms with E-state index in [1.807, 2.05) is 6.92 Å². The smallest absolute Gasteiger partial charge is 0.0487 e. The van der Waals surface area contributed by atoms with Crippen LogP contribution in [0, 0.1) is 5.92 Å². The van der Waals surface area contributed by atoms with E-state index in [0.29, 0.717) is 5.92 Å². The standard InChI is InChI=1S/C9H20O3/c1-9(8-10)4-7-12-6-3-5-11-2/h9-10H,3-8H2,1-2H3. The summed E-state index contributed by atoms with van der Waals surface area (Å²) >= 11 is 0. The third kappa shape index (κ3) is 7.98. The van der Waals surface area contributed by atoms with Crippen molar-refractivity contribution in [1.82, 2.24) is 0 Å². The second-order valence-electron chi connectivity index (χ2n) is 3.04. The van der Waals surface area contributed by atoms with Gasteiger partial charge in [-0.25, -0.2) is 0 Å². The molecule has 0 bridgehead atoms. The van der Waals surface area contributed by atoms with E-state index in [2.05, 4.69) is 0 Å². The summed E-state index contributed by atoms with van der Waals surface area (Å²) in [5.74, 6) is 0.354. The van der Waals surface area contributed by atoms with Gasteiger partial charge in [0, 0.05) is 33.5 Å². The molecule has 0 aliphatic rings. The molecule has 1 N–H and O–H groups in total. The number of methoxy groups -OCH3 is 1. The molecule has 74 valence electrons. The highest BCUT2D eigenvalue weighted by atomic mass is 16.5. The lowest BCUT2D eigenvalue weighted by atomic mass is 10.1. The zero-order valence-electron chi connectivity index (χ0n) is 8.08. The molecule has 0 saturated heterocycles. The third-order valence-electron chi connectivity index (χ3n) is 1.70. The molecule has 0 aromatic rings. The van der Waals surface area contributed by atoms with Crippen molar-refractivity contribution in [3.63, 3.8) is 0 Å². The molecule has 1 atom stereocenters. The summed E-state index contributed by atoms with van der Waals surface area (Å²) in [6.07, 6.45) is 1.88. The molecule has 3 nitrogen and oxygen atoms in total. The summed E-state index contributed by atoms with van der Waals surface area (Å²) in [6.45, 7) is 4.52. The van der Waals surface area contributed by atoms with Gasteiger partial charge < -0.3 is 14.6 Å². The van der Waals surface area contributed by atoms with Gasteiger partial charge in [0.1, 0.15) is 0 Å². The van der Waals surface area contributed by atoms with Crippen LogP contribution in [0.2, 0.25) is 0 Å². The highest BCUT2D eigenvalue weighted by molar-refractivity contribution is 4.48. The number of rotatable bonds is 8. The summed E-state index contributed by atoms with van der Waals surface area (Å²) in [5, 5.41) is 8.70. The number of aliphatic hydroxyl groups is 1. The van der Waals surface area contributed by atoms with Crippen LogP contribution >= 0.6 is 0 Å². The van der Waals surface area contributed by atoms with Crippen molar-refractivity contribution in [1.29, 1.82) is 0 Å². The first-order valence-corrected chi connectivity index (χ1v) is 4.48. The fourth-order valence-corrected chi connectivity index (χ4v) is 0.783. The lowest BCUT2D eigenvalue weighted by Gasteiger charge is -2.07. The van der Waals surface area contributed by atoms with Gasteiger partial charge in [0.15, 0.2) is 0 Å². The fraction of sp³-hybridized carbons (Fsp3) is 1.00. The van der Waals surface area contributed by atoms with Gasteiger partial charge in [-0.1, -0.05) is 6.92 Å². The minimum absolute atomic E-state index is 0.251. The maximum absolute atomic E-state index is 8.70. The highest BCUT2D eigenvalue weighted by Crippen LogP contribution is 1.99. The lowest BCUT2D eigenvalue weighted by molar-refractivity contribution is 0.0881. The molecule has 0 spiro atoms. The first kappa shape index (κ1) is 11.9. The Morgan fingerprint density at radius 3 is 2.58 bits per heavy atom. The van der Waals surface area contributed by atoms with Gasteiger partial charge in [-0.05, 0) is 18.8 Å². The molecule has 0 heterocycles. The molecule has 0 rings (SSSR count). The molecule has 0 aliphatic carbocycles. The van der Waals surface area contributed by atoms with Crippen LogP contribution < -0.4 is 0 Å². The van der Waals surface area contributed by atoms with E-state index in [9.17, 15) is 0 Å². The van der Waals surface area contributed by atoms with E-state index in [-0.39, 0.29) is 6.61 Å². The van der Waals surface area contributed by atoms with Crippen molar-refractivity contribution in [2.45, 2.75) is 19.8 Å². The minimum Gasteiger partial charge on any atom is -0.396 e. The number of hydrogen-bond acceptors (Lipinski definition) is 3. The molecule has 0 saturated carbocycles. The normalized spacial score (nSPS) is 13.2. The van der Waals surface area contributed by atoms with Crippen LogP contribution in [-0.2, 0) is 9.47 Å². The van der Waals surface area contributed by atoms with Crippen LogP contribution in [0.25, 0.3) is 0 Å². The summed E-state index contributed by atoms with van der Waals surface area (Å²) in [6, 6.07) is 0. The summed E-state index contributed by atoms with van der Waals surface area (Å²) < 4.78 is 10.2. The van der Waals surface area contributed by atoms with Gasteiger partial charge in [-0.2, -0.15) is 0 Å². The number of ether oxygens (including phenoxy) is 2. The Hall–Kier alpha value is -0.120. The first-order valence-electron chi connectivity index (χ1n) is 4.48. The Morgan fingerprint density at radius 1 is 1.25 bits per heavy atom. The third-order valence-corrected chi connectivity index (χ3v) is 1.70. The Labute approximate surface area is 74.7 Å². The summed E-state index contributed by atoms with van der Waals surface area (Å²) in [5.41, 5.74) is 0. The highest BCUT2D eigenvalue weighted by Gasteiger charge is 1.98. The van der Waals surface area contributed by atoms with E-state index in [1.54, 1.807) is 7.11 Å². The van der Waals surface area contributed by atoms with E-state index in [4.69, 9.17) is 14.6 Å². The average molecular weight is 176 g/mol. The van der Waals surface area contributed by atoms with Gasteiger partial charge in [-0.3, -0.25) is 0 Å². The van der Waals surface area contributed by atoms with Gasteiger partial charge in [0.2, 0.25) is 0 Å². The average Bonchev–Trinajstić information content (AvgIpc) is 2.10. The zero-order valence-corrected chi connectivity index (χ0v) is 8.08. The van der Waals surface area contributed by atoms with E-state index >= 15 is 0 Å². The molecular formula is C9H20O3. The molecule has 1 unspecified atom stereocenters. The molecule has 0 fully saturated rings. The van der Waals surface area contributed by atoms with Gasteiger partial charge >= 0.3 is 0 Å². The molecule has 0 radical (unpaired) electrons. The van der Waals surface area contributed by atoms with Crippen LogP contribution in [0.15, 0.2) is 0 Å². The quantitative estimate of drug-likeness (QED) is 0.562. The van der Waals surface area contributed by atoms with Crippen molar-refractivity contribution in [3.8, 4) is 0 Å². The molecule has 12 heavy (non-hydrogen) atoms. The van der Waals surface area contributed by atoms with Gasteiger partial charge in [-0.15, -0.1) is 0 Å². The van der Waals surface area contributed by atoms with Crippen LogP contribution in [0.3, 0.4) is 0 Å². The van der Waals surface area contributed by atoms with Crippen molar-refractivity contribution in [2.75, 3.05) is 33.5 Å². The van der Waals surface area contributed by atoms with Crippen molar-refractivity contribution in [2.24, 2.45) is 5.92 Å². The maximum atomic E-state index is 8.70. The molecular weight excluding hydrogens is 156 g/mol. The maximum Gasteiger partial charge on any atom is 0.0487 e. The number of hydrogen-bond donors (Lipinski definition) is 1. The Balaban J connectivity index is 2.90. The second kappa shape index (κ2) is 8.97. The second-order valence-corrected chi connectivity index (χ2v) is 3.04. The van der Waals surface area contributed by atoms with E-state index < -0.39 is 0 Å². The number of aliphatic hydroxyl groups excluding tert-OH is 1. The van der Waals surface area contributed by atoms with Crippen LogP contribution in [0.5, 0.6) is 0 Å². The predicted octanol–water partition coefficient (Wildman–Crippen LogP) is 1.06. The fourth-order valence-electron chi connectivity index (χ4n) is 0.783. The molecule has 0 aromatic carbocycles. The molecule has 3 heteroatoms. The van der Waals surface area contributed by atoms with E-state index in [0.717, 1.165) is 32.7 Å². The van der Waals surface area contributed by atoms with E-state index in [1.165, 1.54) is 0 Å². The molecule has 0 aliphatic heterocycles. The van der Waals surface area contributed by atoms with Crippen LogP contribution in [-0.4, -0.2) is 38.6 Å². The first-order chi connectivity index (χ1) is 5.81. The zero-order chi connectivity index (χ0) is 9.23. The Morgan fingerprint density at radius 2 is 2.00 bits per heavy atom. The van der Waals surface area contributed by atoms with Crippen molar-refractivity contribution >= 4 is 0 Å². The Bertz CT molecular complexity index is 85.8.